The predicted octanol–water partition coefficient (Wildman–Crippen LogP) is 2.65. The molecule has 0 aliphatic carbocycles. The number of piperazine rings is 1. The van der Waals surface area contributed by atoms with E-state index in [4.69, 9.17) is 4.98 Å². The van der Waals surface area contributed by atoms with Crippen LogP contribution in [-0.4, -0.2) is 48.6 Å². The molecule has 1 N–H and O–H groups in total. The lowest BCUT2D eigenvalue weighted by Crippen LogP contribution is -2.51. The lowest BCUT2D eigenvalue weighted by Gasteiger charge is -2.39. The van der Waals surface area contributed by atoms with Crippen molar-refractivity contribution in [3.05, 3.63) is 10.6 Å². The minimum absolute atomic E-state index is 0.403. The standard InChI is InChI=1S/C15H28N4S/c1-6-16-12(4)14-13(5)17-15(20-14)19-9-8-18(7-2)11(3)10-19/h11-12,16H,6-10H2,1-5H3. The average molecular weight is 296 g/mol. The molecule has 0 saturated carbocycles. The molecule has 20 heavy (non-hydrogen) atoms. The summed E-state index contributed by atoms with van der Waals surface area (Å²) < 4.78 is 0. The van der Waals surface area contributed by atoms with Gasteiger partial charge in [0.2, 0.25) is 0 Å². The van der Waals surface area contributed by atoms with Crippen molar-refractivity contribution in [2.75, 3.05) is 37.6 Å². The number of aromatic nitrogens is 1. The number of nitrogens with zero attached hydrogens (tertiary/aromatic N) is 3. The molecule has 1 aliphatic heterocycles. The van der Waals surface area contributed by atoms with Gasteiger partial charge in [0, 0.05) is 36.6 Å². The van der Waals surface area contributed by atoms with Gasteiger partial charge in [-0.2, -0.15) is 0 Å². The molecule has 1 aromatic rings. The fourth-order valence-electron chi connectivity index (χ4n) is 2.97. The van der Waals surface area contributed by atoms with Crippen molar-refractivity contribution < 1.29 is 0 Å². The van der Waals surface area contributed by atoms with Gasteiger partial charge in [-0.05, 0) is 33.9 Å². The molecule has 5 heteroatoms. The Balaban J connectivity index is 2.08. The van der Waals surface area contributed by atoms with Crippen LogP contribution in [-0.2, 0) is 0 Å². The highest BCUT2D eigenvalue weighted by Crippen LogP contribution is 2.31. The Morgan fingerprint density at radius 3 is 2.75 bits per heavy atom. The Kier molecular flexibility index (Phi) is 5.41. The third-order valence-electron chi connectivity index (χ3n) is 4.17. The molecule has 1 aromatic heterocycles. The molecule has 114 valence electrons. The van der Waals surface area contributed by atoms with E-state index in [0.717, 1.165) is 32.7 Å². The van der Waals surface area contributed by atoms with Crippen LogP contribution in [0.25, 0.3) is 0 Å². The Morgan fingerprint density at radius 1 is 1.40 bits per heavy atom. The van der Waals surface area contributed by atoms with Gasteiger partial charge in [-0.1, -0.05) is 13.8 Å². The normalized spacial score (nSPS) is 22.2. The fraction of sp³-hybridized carbons (Fsp3) is 0.800. The first kappa shape index (κ1) is 15.7. The van der Waals surface area contributed by atoms with E-state index in [1.807, 2.05) is 11.3 Å². The first-order valence-corrected chi connectivity index (χ1v) is 8.58. The molecule has 1 fully saturated rings. The maximum Gasteiger partial charge on any atom is 0.185 e. The number of rotatable bonds is 5. The molecule has 1 saturated heterocycles. The van der Waals surface area contributed by atoms with Gasteiger partial charge in [0.05, 0.1) is 5.69 Å². The van der Waals surface area contributed by atoms with Gasteiger partial charge in [0.15, 0.2) is 5.13 Å². The minimum Gasteiger partial charge on any atom is -0.345 e. The van der Waals surface area contributed by atoms with E-state index in [1.54, 1.807) is 0 Å². The maximum absolute atomic E-state index is 4.81. The Bertz CT molecular complexity index is 432. The molecule has 4 nitrogen and oxygen atoms in total. The number of aryl methyl sites for hydroxylation is 1. The Morgan fingerprint density at radius 2 is 2.15 bits per heavy atom. The molecule has 0 spiro atoms. The number of hydrogen-bond donors (Lipinski definition) is 1. The van der Waals surface area contributed by atoms with Crippen molar-refractivity contribution in [3.8, 4) is 0 Å². The van der Waals surface area contributed by atoms with Crippen LogP contribution in [0.2, 0.25) is 0 Å². The maximum atomic E-state index is 4.81. The average Bonchev–Trinajstić information content (AvgIpc) is 2.81. The van der Waals surface area contributed by atoms with E-state index in [0.29, 0.717) is 12.1 Å². The van der Waals surface area contributed by atoms with Gasteiger partial charge < -0.3 is 10.2 Å². The second-order valence-electron chi connectivity index (χ2n) is 5.65. The van der Waals surface area contributed by atoms with Crippen LogP contribution in [0, 0.1) is 6.92 Å². The van der Waals surface area contributed by atoms with Crippen LogP contribution >= 0.6 is 11.3 Å². The van der Waals surface area contributed by atoms with Gasteiger partial charge in [-0.3, -0.25) is 4.90 Å². The third-order valence-corrected chi connectivity index (χ3v) is 5.57. The van der Waals surface area contributed by atoms with Gasteiger partial charge in [0.25, 0.3) is 0 Å². The second kappa shape index (κ2) is 6.87. The quantitative estimate of drug-likeness (QED) is 0.905. The molecule has 0 radical (unpaired) electrons. The van der Waals surface area contributed by atoms with Crippen LogP contribution in [0.3, 0.4) is 0 Å². The van der Waals surface area contributed by atoms with E-state index >= 15 is 0 Å². The monoisotopic (exact) mass is 296 g/mol. The Labute approximate surface area is 127 Å². The van der Waals surface area contributed by atoms with Gasteiger partial charge in [0.1, 0.15) is 0 Å². The summed E-state index contributed by atoms with van der Waals surface area (Å²) in [5.41, 5.74) is 1.18. The number of hydrogen-bond acceptors (Lipinski definition) is 5. The first-order chi connectivity index (χ1) is 9.56. The number of likely N-dealkylation sites (N-methyl/N-ethyl adjacent to an activating group) is 1. The van der Waals surface area contributed by atoms with E-state index in [2.05, 4.69) is 49.7 Å². The van der Waals surface area contributed by atoms with Crippen LogP contribution in [0.1, 0.15) is 44.3 Å². The summed E-state index contributed by atoms with van der Waals surface area (Å²) in [5, 5.41) is 4.69. The zero-order valence-corrected chi connectivity index (χ0v) is 14.3. The number of nitrogens with one attached hydrogen (secondary N) is 1. The lowest BCUT2D eigenvalue weighted by atomic mass is 10.2. The summed E-state index contributed by atoms with van der Waals surface area (Å²) in [6.07, 6.45) is 0. The highest BCUT2D eigenvalue weighted by atomic mass is 32.1. The molecular weight excluding hydrogens is 268 g/mol. The molecule has 2 atom stereocenters. The van der Waals surface area contributed by atoms with Crippen molar-refractivity contribution in [1.29, 1.82) is 0 Å². The number of anilines is 1. The SMILES string of the molecule is CCNC(C)c1sc(N2CCN(CC)C(C)C2)nc1C. The topological polar surface area (TPSA) is 31.4 Å². The molecular formula is C15H28N4S. The summed E-state index contributed by atoms with van der Waals surface area (Å²) in [7, 11) is 0. The van der Waals surface area contributed by atoms with E-state index in [1.165, 1.54) is 15.7 Å². The van der Waals surface area contributed by atoms with Crippen LogP contribution in [0.4, 0.5) is 5.13 Å². The fourth-order valence-corrected chi connectivity index (χ4v) is 4.10. The van der Waals surface area contributed by atoms with Crippen molar-refractivity contribution in [2.24, 2.45) is 0 Å². The van der Waals surface area contributed by atoms with Crippen molar-refractivity contribution in [2.45, 2.75) is 46.7 Å². The summed E-state index contributed by atoms with van der Waals surface area (Å²) in [4.78, 5) is 11.2. The van der Waals surface area contributed by atoms with Crippen LogP contribution in [0.15, 0.2) is 0 Å². The van der Waals surface area contributed by atoms with Crippen LogP contribution < -0.4 is 10.2 Å². The van der Waals surface area contributed by atoms with E-state index < -0.39 is 0 Å². The zero-order valence-electron chi connectivity index (χ0n) is 13.4. The summed E-state index contributed by atoms with van der Waals surface area (Å²) >= 11 is 1.86. The smallest absolute Gasteiger partial charge is 0.185 e. The molecule has 0 bridgehead atoms. The predicted molar refractivity (Wildman–Crippen MR) is 87.9 cm³/mol. The summed E-state index contributed by atoms with van der Waals surface area (Å²) in [5.74, 6) is 0. The van der Waals surface area contributed by atoms with Crippen LogP contribution in [0.5, 0.6) is 0 Å². The van der Waals surface area contributed by atoms with Crippen molar-refractivity contribution in [1.82, 2.24) is 15.2 Å². The van der Waals surface area contributed by atoms with E-state index in [9.17, 15) is 0 Å². The molecule has 0 amide bonds. The summed E-state index contributed by atoms with van der Waals surface area (Å²) in [6, 6.07) is 1.02. The molecule has 0 aromatic carbocycles. The molecule has 2 unspecified atom stereocenters. The zero-order chi connectivity index (χ0) is 14.7. The van der Waals surface area contributed by atoms with Gasteiger partial charge in [-0.15, -0.1) is 11.3 Å². The highest BCUT2D eigenvalue weighted by Gasteiger charge is 2.25. The van der Waals surface area contributed by atoms with E-state index in [-0.39, 0.29) is 0 Å². The van der Waals surface area contributed by atoms with Crippen molar-refractivity contribution >= 4 is 16.5 Å². The third kappa shape index (κ3) is 3.32. The lowest BCUT2D eigenvalue weighted by molar-refractivity contribution is 0.199. The summed E-state index contributed by atoms with van der Waals surface area (Å²) in [6.45, 7) is 16.6. The molecule has 2 rings (SSSR count). The molecule has 1 aliphatic rings. The van der Waals surface area contributed by atoms with Crippen molar-refractivity contribution in [3.63, 3.8) is 0 Å². The Hall–Kier alpha value is -0.650. The highest BCUT2D eigenvalue weighted by molar-refractivity contribution is 7.15. The number of thiazole rings is 1. The first-order valence-electron chi connectivity index (χ1n) is 7.76. The largest absolute Gasteiger partial charge is 0.345 e. The second-order valence-corrected chi connectivity index (χ2v) is 6.66. The van der Waals surface area contributed by atoms with Gasteiger partial charge >= 0.3 is 0 Å². The van der Waals surface area contributed by atoms with Gasteiger partial charge in [-0.25, -0.2) is 4.98 Å². The minimum atomic E-state index is 0.403. The molecule has 2 heterocycles.